The van der Waals surface area contributed by atoms with Crippen molar-refractivity contribution in [1.29, 1.82) is 5.26 Å². The highest BCUT2D eigenvalue weighted by Gasteiger charge is 2.60. The van der Waals surface area contributed by atoms with Crippen LogP contribution >= 0.6 is 11.8 Å². The lowest BCUT2D eigenvalue weighted by Gasteiger charge is -2.59. The number of esters is 2. The van der Waals surface area contributed by atoms with E-state index in [4.69, 9.17) is 28.4 Å². The molecule has 0 aromatic heterocycles. The highest BCUT2D eigenvalue weighted by molar-refractivity contribution is 7.99. The first kappa shape index (κ1) is 39.2. The number of fused-ring (bicyclic) bond motifs is 9. The average molecular weight is 828 g/mol. The van der Waals surface area contributed by atoms with Crippen molar-refractivity contribution in [2.75, 3.05) is 46.5 Å². The minimum absolute atomic E-state index is 0.0120. The molecule has 0 aliphatic carbocycles. The summed E-state index contributed by atoms with van der Waals surface area (Å²) >= 11 is 1.46. The number of aryl methyl sites for hydroxylation is 1. The maximum Gasteiger partial charge on any atom is 0.331 e. The first-order valence-electron chi connectivity index (χ1n) is 19.5. The summed E-state index contributed by atoms with van der Waals surface area (Å²) in [4.78, 5) is 42.0. The van der Waals surface area contributed by atoms with Crippen LogP contribution in [0.4, 0.5) is 0 Å². The predicted molar refractivity (Wildman–Crippen MR) is 211 cm³/mol. The number of methoxy groups -OCH3 is 2. The Balaban J connectivity index is 1.27. The summed E-state index contributed by atoms with van der Waals surface area (Å²) in [6.45, 7) is 4.64. The van der Waals surface area contributed by atoms with E-state index < -0.39 is 59.4 Å². The van der Waals surface area contributed by atoms with Gasteiger partial charge in [-0.3, -0.25) is 19.8 Å². The van der Waals surface area contributed by atoms with Gasteiger partial charge in [-0.15, -0.1) is 11.8 Å². The van der Waals surface area contributed by atoms with Crippen LogP contribution in [0, 0.1) is 25.2 Å². The van der Waals surface area contributed by atoms with Crippen LogP contribution in [-0.4, -0.2) is 97.6 Å². The summed E-state index contributed by atoms with van der Waals surface area (Å²) in [6.07, 6.45) is 1.02. The van der Waals surface area contributed by atoms with Gasteiger partial charge in [0, 0.05) is 65.7 Å². The van der Waals surface area contributed by atoms with Crippen LogP contribution in [0.25, 0.3) is 0 Å². The summed E-state index contributed by atoms with van der Waals surface area (Å²) in [5.74, 6) is 0.518. The van der Waals surface area contributed by atoms with Crippen LogP contribution in [-0.2, 0) is 44.0 Å². The van der Waals surface area contributed by atoms with E-state index in [1.807, 2.05) is 32.0 Å². The van der Waals surface area contributed by atoms with E-state index in [0.29, 0.717) is 81.5 Å². The fourth-order valence-corrected chi connectivity index (χ4v) is 12.0. The molecule has 17 heteroatoms. The molecular formula is C42H45N5O11S. The zero-order chi connectivity index (χ0) is 41.5. The number of hydrogen-bond acceptors (Lipinski definition) is 16. The van der Waals surface area contributed by atoms with Crippen molar-refractivity contribution in [3.05, 3.63) is 68.3 Å². The van der Waals surface area contributed by atoms with E-state index in [-0.39, 0.29) is 37.5 Å². The van der Waals surface area contributed by atoms with Gasteiger partial charge in [0.2, 0.25) is 12.7 Å². The molecule has 0 radical (unpaired) electrons. The number of aromatic hydroxyl groups is 1. The van der Waals surface area contributed by atoms with Gasteiger partial charge in [0.25, 0.3) is 0 Å². The number of aliphatic hydroxyl groups excluding tert-OH is 1. The number of ether oxygens (including phenoxy) is 6. The number of nitrogens with one attached hydrogen (secondary N) is 3. The molecule has 3 aromatic carbocycles. The van der Waals surface area contributed by atoms with Crippen LogP contribution in [0.15, 0.2) is 18.2 Å². The fourth-order valence-electron chi connectivity index (χ4n) is 10.3. The second-order valence-electron chi connectivity index (χ2n) is 15.7. The SMILES string of the molecule is COc1cc2c(cc1CNC(=O)CO)CCN[C@]21CS[C@@H]2c3c(OC(C)=O)c(C)c4c(c3[C@H](COC1=O)N1[C@@H]2[C@@H]2N[C@@H](Cc3cc(C)c(OC)c(O)c32)[C@@H]1C#N)OCO4. The van der Waals surface area contributed by atoms with E-state index >= 15 is 0 Å². The number of amides is 1. The quantitative estimate of drug-likeness (QED) is 0.179. The van der Waals surface area contributed by atoms with Gasteiger partial charge in [-0.05, 0) is 61.1 Å². The van der Waals surface area contributed by atoms with E-state index in [1.165, 1.54) is 32.9 Å². The Morgan fingerprint density at radius 1 is 1.08 bits per heavy atom. The predicted octanol–water partition coefficient (Wildman–Crippen LogP) is 2.55. The molecule has 1 spiro atoms. The Morgan fingerprint density at radius 3 is 2.61 bits per heavy atom. The Labute approximate surface area is 344 Å². The van der Waals surface area contributed by atoms with E-state index in [2.05, 4.69) is 26.9 Å². The van der Waals surface area contributed by atoms with Crippen LogP contribution < -0.4 is 39.6 Å². The van der Waals surface area contributed by atoms with E-state index in [9.17, 15) is 29.9 Å². The molecule has 5 N–H and O–H groups in total. The van der Waals surface area contributed by atoms with Crippen molar-refractivity contribution in [1.82, 2.24) is 20.9 Å². The van der Waals surface area contributed by atoms with Gasteiger partial charge in [0.05, 0.1) is 37.6 Å². The topological polar surface area (TPSA) is 210 Å². The molecule has 310 valence electrons. The summed E-state index contributed by atoms with van der Waals surface area (Å²) in [5.41, 5.74) is 4.99. The minimum atomic E-state index is -1.39. The largest absolute Gasteiger partial charge is 0.504 e. The Morgan fingerprint density at radius 2 is 1.88 bits per heavy atom. The van der Waals surface area contributed by atoms with Gasteiger partial charge in [0.15, 0.2) is 28.5 Å². The molecule has 0 saturated carbocycles. The maximum absolute atomic E-state index is 14.9. The molecule has 7 aliphatic heterocycles. The number of benzene rings is 3. The molecule has 1 amide bonds. The lowest BCUT2D eigenvalue weighted by Crippen LogP contribution is -2.69. The molecule has 3 aromatic rings. The van der Waals surface area contributed by atoms with Crippen LogP contribution in [0.5, 0.6) is 34.5 Å². The van der Waals surface area contributed by atoms with Crippen LogP contribution in [0.3, 0.4) is 0 Å². The molecule has 4 bridgehead atoms. The molecular weight excluding hydrogens is 783 g/mol. The van der Waals surface area contributed by atoms with Crippen LogP contribution in [0.2, 0.25) is 0 Å². The first-order chi connectivity index (χ1) is 28.5. The number of piperazine rings is 1. The van der Waals surface area contributed by atoms with Crippen molar-refractivity contribution in [2.24, 2.45) is 0 Å². The Bertz CT molecular complexity index is 2350. The monoisotopic (exact) mass is 827 g/mol. The summed E-state index contributed by atoms with van der Waals surface area (Å²) in [7, 11) is 3.03. The number of rotatable bonds is 6. The number of thioether (sulfide) groups is 1. The second-order valence-corrected chi connectivity index (χ2v) is 16.9. The standard InChI is InChI=1S/C42H45N5O11S/c1-18-8-22-10-25-26(12-43)47-27-15-55-41(52)42(24-11-28(53-4)23(13-44-29(50)14-48)9-21(24)6-7-45-42)16-59-40(34(47)33(46-25)30(22)35(51)36(18)54-5)32-31(27)39-38(56-17-57-39)19(2)37(32)58-20(3)49/h8-9,11,25-27,33-34,40,45-46,48,51H,6-7,10,13-17H2,1-5H3,(H,44,50)/t25-,26-,27-,33+,34+,40+,42+/m0/s1. The zero-order valence-corrected chi connectivity index (χ0v) is 34.0. The van der Waals surface area contributed by atoms with Crippen molar-refractivity contribution in [3.63, 3.8) is 0 Å². The maximum atomic E-state index is 14.9. The molecule has 16 nitrogen and oxygen atoms in total. The first-order valence-corrected chi connectivity index (χ1v) is 20.6. The second kappa shape index (κ2) is 14.8. The molecule has 2 saturated heterocycles. The number of nitriles is 1. The third-order valence-electron chi connectivity index (χ3n) is 12.6. The molecule has 7 heterocycles. The zero-order valence-electron chi connectivity index (χ0n) is 33.2. The number of carbonyl (C=O) groups is 3. The lowest BCUT2D eigenvalue weighted by atomic mass is 9.72. The highest BCUT2D eigenvalue weighted by atomic mass is 32.2. The summed E-state index contributed by atoms with van der Waals surface area (Å²) in [6, 6.07) is 5.34. The van der Waals surface area contributed by atoms with Gasteiger partial charge in [-0.1, -0.05) is 6.07 Å². The summed E-state index contributed by atoms with van der Waals surface area (Å²) < 4.78 is 36.4. The summed E-state index contributed by atoms with van der Waals surface area (Å²) in [5, 5.41) is 41.7. The Kier molecular flexibility index (Phi) is 9.83. The van der Waals surface area contributed by atoms with E-state index in [1.54, 1.807) is 0 Å². The Hall–Kier alpha value is -5.25. The smallest absolute Gasteiger partial charge is 0.331 e. The normalized spacial score (nSPS) is 27.3. The van der Waals surface area contributed by atoms with Gasteiger partial charge in [-0.25, -0.2) is 4.79 Å². The highest BCUT2D eigenvalue weighted by Crippen LogP contribution is 2.63. The number of phenolic OH excluding ortho intramolecular Hbond substituents is 1. The number of aliphatic hydroxyl groups is 1. The molecule has 0 unspecified atom stereocenters. The van der Waals surface area contributed by atoms with Gasteiger partial charge in [0.1, 0.15) is 30.8 Å². The third-order valence-corrected chi connectivity index (χ3v) is 14.1. The molecule has 7 aliphatic rings. The fraction of sp³-hybridized carbons (Fsp3) is 0.476. The van der Waals surface area contributed by atoms with Crippen molar-refractivity contribution in [2.45, 2.75) is 81.2 Å². The van der Waals surface area contributed by atoms with Crippen molar-refractivity contribution < 1.29 is 53.0 Å². The molecule has 2 fully saturated rings. The van der Waals surface area contributed by atoms with Gasteiger partial charge < -0.3 is 49.3 Å². The minimum Gasteiger partial charge on any atom is -0.504 e. The molecule has 59 heavy (non-hydrogen) atoms. The number of phenols is 1. The van der Waals surface area contributed by atoms with Crippen molar-refractivity contribution in [3.8, 4) is 40.6 Å². The average Bonchev–Trinajstić information content (AvgIpc) is 3.72. The number of hydrogen-bond donors (Lipinski definition) is 5. The lowest BCUT2D eigenvalue weighted by molar-refractivity contribution is -0.155. The van der Waals surface area contributed by atoms with E-state index in [0.717, 1.165) is 16.7 Å². The number of carbonyl (C=O) groups excluding carboxylic acids is 3. The van der Waals surface area contributed by atoms with Gasteiger partial charge in [-0.2, -0.15) is 5.26 Å². The number of nitrogens with zero attached hydrogens (tertiary/aromatic N) is 2. The molecule has 7 atom stereocenters. The third kappa shape index (κ3) is 5.90. The van der Waals surface area contributed by atoms with Gasteiger partial charge >= 0.3 is 11.9 Å². The van der Waals surface area contributed by atoms with Crippen LogP contribution in [0.1, 0.15) is 74.3 Å². The molecule has 10 rings (SSSR count). The van der Waals surface area contributed by atoms with Crippen molar-refractivity contribution >= 4 is 29.6 Å².